The molecule has 2 aromatic rings. The van der Waals surface area contributed by atoms with E-state index in [0.717, 1.165) is 18.7 Å². The lowest BCUT2D eigenvalue weighted by molar-refractivity contribution is 0.500. The van der Waals surface area contributed by atoms with Crippen molar-refractivity contribution < 1.29 is 0 Å². The van der Waals surface area contributed by atoms with Crippen molar-refractivity contribution in [1.82, 2.24) is 9.55 Å². The minimum atomic E-state index is -0.00935. The van der Waals surface area contributed by atoms with Gasteiger partial charge in [0.25, 0.3) is 0 Å². The molecule has 1 saturated carbocycles. The highest BCUT2D eigenvalue weighted by Crippen LogP contribution is 2.55. The van der Waals surface area contributed by atoms with Crippen LogP contribution in [0.2, 0.25) is 0 Å². The second-order valence-corrected chi connectivity index (χ2v) is 4.90. The fourth-order valence-electron chi connectivity index (χ4n) is 2.61. The molecule has 3 rings (SSSR count). The van der Waals surface area contributed by atoms with Crippen molar-refractivity contribution in [2.45, 2.75) is 24.3 Å². The summed E-state index contributed by atoms with van der Waals surface area (Å²) in [5.41, 5.74) is 7.88. The van der Waals surface area contributed by atoms with E-state index in [1.54, 1.807) is 0 Å². The largest absolute Gasteiger partial charge is 0.337 e. The molecule has 0 bridgehead atoms. The van der Waals surface area contributed by atoms with Gasteiger partial charge in [-0.05, 0) is 18.4 Å². The summed E-state index contributed by atoms with van der Waals surface area (Å²) in [6.07, 6.45) is 6.09. The molecule has 1 fully saturated rings. The number of aromatic nitrogens is 2. The Hall–Kier alpha value is -1.61. The van der Waals surface area contributed by atoms with Crippen molar-refractivity contribution in [3.05, 3.63) is 54.1 Å². The first-order valence-corrected chi connectivity index (χ1v) is 6.02. The van der Waals surface area contributed by atoms with Crippen molar-refractivity contribution in [2.24, 2.45) is 12.8 Å². The van der Waals surface area contributed by atoms with Crippen LogP contribution in [0.15, 0.2) is 42.7 Å². The van der Waals surface area contributed by atoms with Crippen LogP contribution in [0, 0.1) is 0 Å². The Morgan fingerprint density at radius 1 is 1.29 bits per heavy atom. The average Bonchev–Trinajstić information content (AvgIpc) is 3.07. The molecule has 0 aliphatic heterocycles. The van der Waals surface area contributed by atoms with E-state index in [1.807, 2.05) is 30.1 Å². The third-order valence-corrected chi connectivity index (χ3v) is 3.87. The van der Waals surface area contributed by atoms with Gasteiger partial charge in [0.05, 0.1) is 6.04 Å². The van der Waals surface area contributed by atoms with Gasteiger partial charge in [-0.15, -0.1) is 0 Å². The maximum atomic E-state index is 6.43. The highest BCUT2D eigenvalue weighted by molar-refractivity contribution is 5.35. The average molecular weight is 227 g/mol. The molecule has 88 valence electrons. The summed E-state index contributed by atoms with van der Waals surface area (Å²) < 4.78 is 2.02. The van der Waals surface area contributed by atoms with Crippen LogP contribution in [0.4, 0.5) is 0 Å². The molecular formula is C14H17N3. The molecule has 1 heterocycles. The number of hydrogen-bond donors (Lipinski definition) is 1. The summed E-state index contributed by atoms with van der Waals surface area (Å²) >= 11 is 0. The maximum Gasteiger partial charge on any atom is 0.126 e. The van der Waals surface area contributed by atoms with Crippen LogP contribution < -0.4 is 5.73 Å². The van der Waals surface area contributed by atoms with E-state index in [1.165, 1.54) is 5.56 Å². The number of nitrogens with zero attached hydrogens (tertiary/aromatic N) is 2. The summed E-state index contributed by atoms with van der Waals surface area (Å²) in [7, 11) is 2.00. The Labute approximate surface area is 101 Å². The molecule has 1 aliphatic rings. The van der Waals surface area contributed by atoms with Crippen LogP contribution in [0.5, 0.6) is 0 Å². The molecule has 3 heteroatoms. The second-order valence-electron chi connectivity index (χ2n) is 4.90. The Morgan fingerprint density at radius 3 is 2.53 bits per heavy atom. The second kappa shape index (κ2) is 3.70. The normalized spacial score (nSPS) is 18.9. The van der Waals surface area contributed by atoms with Crippen molar-refractivity contribution in [3.8, 4) is 0 Å². The van der Waals surface area contributed by atoms with Gasteiger partial charge in [-0.2, -0.15) is 0 Å². The minimum Gasteiger partial charge on any atom is -0.337 e. The monoisotopic (exact) mass is 227 g/mol. The van der Waals surface area contributed by atoms with Gasteiger partial charge in [0.2, 0.25) is 0 Å². The SMILES string of the molecule is Cn1ccnc1C(N)C1(c2ccccc2)CC1. The first kappa shape index (κ1) is 10.5. The van der Waals surface area contributed by atoms with E-state index in [9.17, 15) is 0 Å². The molecule has 2 N–H and O–H groups in total. The molecule has 0 amide bonds. The van der Waals surface area contributed by atoms with E-state index in [4.69, 9.17) is 5.73 Å². The molecule has 17 heavy (non-hydrogen) atoms. The first-order valence-electron chi connectivity index (χ1n) is 6.02. The standard InChI is InChI=1S/C14H17N3/c1-17-10-9-16-13(17)12(15)14(7-8-14)11-5-3-2-4-6-11/h2-6,9-10,12H,7-8,15H2,1H3. The lowest BCUT2D eigenvalue weighted by Crippen LogP contribution is -2.28. The van der Waals surface area contributed by atoms with Crippen LogP contribution >= 0.6 is 0 Å². The zero-order chi connectivity index (χ0) is 11.9. The van der Waals surface area contributed by atoms with E-state index in [-0.39, 0.29) is 11.5 Å². The van der Waals surface area contributed by atoms with Crippen LogP contribution in [0.25, 0.3) is 0 Å². The van der Waals surface area contributed by atoms with Crippen LogP contribution in [-0.4, -0.2) is 9.55 Å². The minimum absolute atomic E-state index is 0.00935. The van der Waals surface area contributed by atoms with Gasteiger partial charge >= 0.3 is 0 Å². The Balaban J connectivity index is 1.97. The Kier molecular flexibility index (Phi) is 2.30. The van der Waals surface area contributed by atoms with Crippen LogP contribution in [0.1, 0.15) is 30.3 Å². The smallest absolute Gasteiger partial charge is 0.126 e. The van der Waals surface area contributed by atoms with Crippen molar-refractivity contribution in [1.29, 1.82) is 0 Å². The zero-order valence-corrected chi connectivity index (χ0v) is 10.0. The van der Waals surface area contributed by atoms with Gasteiger partial charge in [-0.25, -0.2) is 4.98 Å². The van der Waals surface area contributed by atoms with Gasteiger partial charge < -0.3 is 10.3 Å². The molecular weight excluding hydrogens is 210 g/mol. The summed E-state index contributed by atoms with van der Waals surface area (Å²) in [5, 5.41) is 0. The summed E-state index contributed by atoms with van der Waals surface area (Å²) in [6.45, 7) is 0. The van der Waals surface area contributed by atoms with Gasteiger partial charge in [-0.1, -0.05) is 30.3 Å². The summed E-state index contributed by atoms with van der Waals surface area (Å²) in [5.74, 6) is 0.978. The predicted octanol–water partition coefficient (Wildman–Crippen LogP) is 2.15. The molecule has 1 aromatic heterocycles. The number of nitrogens with two attached hydrogens (primary N) is 1. The number of hydrogen-bond acceptors (Lipinski definition) is 2. The maximum absolute atomic E-state index is 6.43. The molecule has 1 unspecified atom stereocenters. The fraction of sp³-hybridized carbons (Fsp3) is 0.357. The molecule has 1 aromatic carbocycles. The van der Waals surface area contributed by atoms with E-state index >= 15 is 0 Å². The topological polar surface area (TPSA) is 43.8 Å². The highest BCUT2D eigenvalue weighted by Gasteiger charge is 2.50. The fourth-order valence-corrected chi connectivity index (χ4v) is 2.61. The Morgan fingerprint density at radius 2 is 2.00 bits per heavy atom. The van der Waals surface area contributed by atoms with Crippen LogP contribution in [0.3, 0.4) is 0 Å². The van der Waals surface area contributed by atoms with Crippen LogP contribution in [-0.2, 0) is 12.5 Å². The van der Waals surface area contributed by atoms with E-state index in [0.29, 0.717) is 0 Å². The number of benzene rings is 1. The van der Waals surface area contributed by atoms with E-state index < -0.39 is 0 Å². The first-order chi connectivity index (χ1) is 8.24. The zero-order valence-electron chi connectivity index (χ0n) is 10.0. The van der Waals surface area contributed by atoms with Gasteiger partial charge in [-0.3, -0.25) is 0 Å². The third-order valence-electron chi connectivity index (χ3n) is 3.87. The number of rotatable bonds is 3. The Bertz CT molecular complexity index is 511. The molecule has 0 spiro atoms. The molecule has 3 nitrogen and oxygen atoms in total. The predicted molar refractivity (Wildman–Crippen MR) is 67.5 cm³/mol. The third kappa shape index (κ3) is 1.58. The highest BCUT2D eigenvalue weighted by atomic mass is 15.1. The lowest BCUT2D eigenvalue weighted by atomic mass is 9.88. The van der Waals surface area contributed by atoms with Crippen molar-refractivity contribution in [2.75, 3.05) is 0 Å². The van der Waals surface area contributed by atoms with Gasteiger partial charge in [0.1, 0.15) is 5.82 Å². The summed E-state index contributed by atoms with van der Waals surface area (Å²) in [6, 6.07) is 10.6. The molecule has 0 saturated heterocycles. The number of aryl methyl sites for hydroxylation is 1. The van der Waals surface area contributed by atoms with Crippen molar-refractivity contribution >= 4 is 0 Å². The molecule has 1 atom stereocenters. The number of imidazole rings is 1. The quantitative estimate of drug-likeness (QED) is 0.873. The van der Waals surface area contributed by atoms with E-state index in [2.05, 4.69) is 29.2 Å². The van der Waals surface area contributed by atoms with Crippen molar-refractivity contribution in [3.63, 3.8) is 0 Å². The van der Waals surface area contributed by atoms with Gasteiger partial charge in [0, 0.05) is 24.9 Å². The lowest BCUT2D eigenvalue weighted by Gasteiger charge is -2.23. The summed E-state index contributed by atoms with van der Waals surface area (Å²) in [4.78, 5) is 4.39. The van der Waals surface area contributed by atoms with Gasteiger partial charge in [0.15, 0.2) is 0 Å². The molecule has 1 aliphatic carbocycles. The molecule has 0 radical (unpaired) electrons.